The Hall–Kier alpha value is -1.63. The topological polar surface area (TPSA) is 82.5 Å². The third kappa shape index (κ3) is 5.25. The van der Waals surface area contributed by atoms with E-state index < -0.39 is 5.97 Å². The zero-order valence-corrected chi connectivity index (χ0v) is 12.2. The molecule has 0 aliphatic carbocycles. The molecule has 19 heavy (non-hydrogen) atoms. The summed E-state index contributed by atoms with van der Waals surface area (Å²) in [6.07, 6.45) is -0.0536. The number of amides is 2. The van der Waals surface area contributed by atoms with Crippen molar-refractivity contribution in [3.05, 3.63) is 16.1 Å². The highest BCUT2D eigenvalue weighted by atomic mass is 32.1. The number of hydrogen-bond donors (Lipinski definition) is 2. The maximum absolute atomic E-state index is 12.0. The zero-order chi connectivity index (χ0) is 14.4. The Labute approximate surface area is 116 Å². The number of nitrogens with zero attached hydrogens (tertiary/aromatic N) is 2. The molecule has 0 fully saturated rings. The summed E-state index contributed by atoms with van der Waals surface area (Å²) < 4.78 is 0. The molecule has 1 heterocycles. The molecule has 0 aliphatic heterocycles. The molecule has 0 saturated carbocycles. The quantitative estimate of drug-likeness (QED) is 0.835. The highest BCUT2D eigenvalue weighted by Crippen LogP contribution is 2.08. The number of thiazole rings is 1. The summed E-state index contributed by atoms with van der Waals surface area (Å²) in [5.41, 5.74) is 0.931. The minimum Gasteiger partial charge on any atom is -0.481 e. The van der Waals surface area contributed by atoms with Gasteiger partial charge in [0.2, 0.25) is 0 Å². The Bertz CT molecular complexity index is 445. The summed E-state index contributed by atoms with van der Waals surface area (Å²) in [6, 6.07) is -0.304. The van der Waals surface area contributed by atoms with Crippen molar-refractivity contribution in [1.82, 2.24) is 15.2 Å². The van der Waals surface area contributed by atoms with Crippen molar-refractivity contribution in [2.24, 2.45) is 0 Å². The van der Waals surface area contributed by atoms with Gasteiger partial charge in [-0.2, -0.15) is 0 Å². The van der Waals surface area contributed by atoms with Gasteiger partial charge in [-0.05, 0) is 20.8 Å². The molecule has 2 N–H and O–H groups in total. The Kier molecular flexibility index (Phi) is 5.75. The fraction of sp³-hybridized carbons (Fsp3) is 0.583. The van der Waals surface area contributed by atoms with Crippen LogP contribution in [0.25, 0.3) is 0 Å². The van der Waals surface area contributed by atoms with E-state index in [-0.39, 0.29) is 25.0 Å². The molecular weight excluding hydrogens is 266 g/mol. The standard InChI is InChI=1S/C12H19N3O3S/c1-8(2)15(5-4-11(16)17)12(18)13-6-10-14-9(3)7-19-10/h7-8H,4-6H2,1-3H3,(H,13,18)(H,16,17). The van der Waals surface area contributed by atoms with Crippen molar-refractivity contribution in [3.63, 3.8) is 0 Å². The van der Waals surface area contributed by atoms with Gasteiger partial charge in [0.15, 0.2) is 0 Å². The normalized spacial score (nSPS) is 10.5. The molecule has 1 rings (SSSR count). The van der Waals surface area contributed by atoms with Gasteiger partial charge in [0.1, 0.15) is 5.01 Å². The van der Waals surface area contributed by atoms with Crippen LogP contribution in [0.5, 0.6) is 0 Å². The van der Waals surface area contributed by atoms with Crippen LogP contribution in [0.15, 0.2) is 5.38 Å². The number of carboxylic acid groups (broad SMARTS) is 1. The summed E-state index contributed by atoms with van der Waals surface area (Å²) >= 11 is 1.49. The van der Waals surface area contributed by atoms with E-state index in [4.69, 9.17) is 5.11 Å². The van der Waals surface area contributed by atoms with Crippen LogP contribution in [-0.4, -0.2) is 39.6 Å². The Morgan fingerprint density at radius 3 is 2.68 bits per heavy atom. The van der Waals surface area contributed by atoms with Crippen LogP contribution >= 0.6 is 11.3 Å². The molecule has 0 bridgehead atoms. The lowest BCUT2D eigenvalue weighted by Gasteiger charge is -2.26. The van der Waals surface area contributed by atoms with E-state index in [1.807, 2.05) is 26.2 Å². The molecule has 0 aliphatic rings. The lowest BCUT2D eigenvalue weighted by molar-refractivity contribution is -0.137. The van der Waals surface area contributed by atoms with Gasteiger partial charge in [-0.25, -0.2) is 9.78 Å². The minimum absolute atomic E-state index is 0.0441. The fourth-order valence-electron chi connectivity index (χ4n) is 1.55. The average molecular weight is 285 g/mol. The van der Waals surface area contributed by atoms with Crippen molar-refractivity contribution >= 4 is 23.3 Å². The van der Waals surface area contributed by atoms with Crippen LogP contribution < -0.4 is 5.32 Å². The summed E-state index contributed by atoms with van der Waals surface area (Å²) in [5.74, 6) is -0.908. The van der Waals surface area contributed by atoms with Gasteiger partial charge >= 0.3 is 12.0 Å². The number of urea groups is 1. The Balaban J connectivity index is 2.49. The van der Waals surface area contributed by atoms with Crippen molar-refractivity contribution in [2.75, 3.05) is 6.54 Å². The molecule has 7 heteroatoms. The molecule has 0 radical (unpaired) electrons. The molecule has 6 nitrogen and oxygen atoms in total. The van der Waals surface area contributed by atoms with Crippen LogP contribution in [0.3, 0.4) is 0 Å². The van der Waals surface area contributed by atoms with E-state index in [2.05, 4.69) is 10.3 Å². The number of aromatic nitrogens is 1. The Morgan fingerprint density at radius 1 is 1.53 bits per heavy atom. The predicted molar refractivity (Wildman–Crippen MR) is 73.2 cm³/mol. The van der Waals surface area contributed by atoms with Crippen LogP contribution in [0.4, 0.5) is 4.79 Å². The number of carbonyl (C=O) groups is 2. The van der Waals surface area contributed by atoms with E-state index >= 15 is 0 Å². The van der Waals surface area contributed by atoms with E-state index in [9.17, 15) is 9.59 Å². The largest absolute Gasteiger partial charge is 0.481 e. The van der Waals surface area contributed by atoms with Gasteiger partial charge < -0.3 is 15.3 Å². The van der Waals surface area contributed by atoms with Crippen LogP contribution in [0.2, 0.25) is 0 Å². The van der Waals surface area contributed by atoms with Crippen LogP contribution in [0.1, 0.15) is 31.0 Å². The third-order valence-electron chi connectivity index (χ3n) is 2.51. The molecule has 0 spiro atoms. The van der Waals surface area contributed by atoms with Gasteiger partial charge in [0, 0.05) is 23.7 Å². The predicted octanol–water partition coefficient (Wildman–Crippen LogP) is 1.85. The van der Waals surface area contributed by atoms with Gasteiger partial charge in [-0.15, -0.1) is 11.3 Å². The molecule has 0 atom stereocenters. The molecule has 0 aromatic carbocycles. The molecule has 1 aromatic heterocycles. The summed E-state index contributed by atoms with van der Waals surface area (Å²) in [4.78, 5) is 28.3. The molecule has 0 saturated heterocycles. The number of aryl methyl sites for hydroxylation is 1. The highest BCUT2D eigenvalue weighted by Gasteiger charge is 2.17. The second kappa shape index (κ2) is 7.08. The number of carboxylic acids is 1. The van der Waals surface area contributed by atoms with Crippen LogP contribution in [0, 0.1) is 6.92 Å². The van der Waals surface area contributed by atoms with Crippen molar-refractivity contribution in [2.45, 2.75) is 39.8 Å². The molecule has 106 valence electrons. The summed E-state index contributed by atoms with van der Waals surface area (Å²) in [5, 5.41) is 14.2. The van der Waals surface area contributed by atoms with Gasteiger partial charge in [-0.3, -0.25) is 4.79 Å². The SMILES string of the molecule is Cc1csc(CNC(=O)N(CCC(=O)O)C(C)C)n1. The molecular formula is C12H19N3O3S. The maximum Gasteiger partial charge on any atom is 0.317 e. The van der Waals surface area contributed by atoms with Crippen molar-refractivity contribution in [3.8, 4) is 0 Å². The summed E-state index contributed by atoms with van der Waals surface area (Å²) in [6.45, 7) is 6.18. The first-order valence-corrected chi connectivity index (χ1v) is 6.95. The third-order valence-corrected chi connectivity index (χ3v) is 3.47. The van der Waals surface area contributed by atoms with Crippen molar-refractivity contribution in [1.29, 1.82) is 0 Å². The monoisotopic (exact) mass is 285 g/mol. The number of aliphatic carboxylic acids is 1. The Morgan fingerprint density at radius 2 is 2.21 bits per heavy atom. The number of rotatable bonds is 6. The van der Waals surface area contributed by atoms with E-state index in [0.29, 0.717) is 6.54 Å². The average Bonchev–Trinajstić information content (AvgIpc) is 2.72. The number of carbonyl (C=O) groups excluding carboxylic acids is 1. The molecule has 1 aromatic rings. The van der Waals surface area contributed by atoms with Gasteiger partial charge in [0.25, 0.3) is 0 Å². The number of hydrogen-bond acceptors (Lipinski definition) is 4. The second-order valence-corrected chi connectivity index (χ2v) is 5.41. The zero-order valence-electron chi connectivity index (χ0n) is 11.3. The fourth-order valence-corrected chi connectivity index (χ4v) is 2.26. The lowest BCUT2D eigenvalue weighted by Crippen LogP contribution is -2.44. The first-order chi connectivity index (χ1) is 8.90. The van der Waals surface area contributed by atoms with E-state index in [1.165, 1.54) is 16.2 Å². The summed E-state index contributed by atoms with van der Waals surface area (Å²) in [7, 11) is 0. The molecule has 0 unspecified atom stereocenters. The van der Waals surface area contributed by atoms with Gasteiger partial charge in [-0.1, -0.05) is 0 Å². The van der Waals surface area contributed by atoms with Crippen molar-refractivity contribution < 1.29 is 14.7 Å². The van der Waals surface area contributed by atoms with E-state index in [0.717, 1.165) is 10.7 Å². The highest BCUT2D eigenvalue weighted by molar-refractivity contribution is 7.09. The van der Waals surface area contributed by atoms with E-state index in [1.54, 1.807) is 0 Å². The maximum atomic E-state index is 12.0. The van der Waals surface area contributed by atoms with Gasteiger partial charge in [0.05, 0.1) is 13.0 Å². The lowest BCUT2D eigenvalue weighted by atomic mass is 10.3. The first-order valence-electron chi connectivity index (χ1n) is 6.07. The molecule has 2 amide bonds. The second-order valence-electron chi connectivity index (χ2n) is 4.47. The smallest absolute Gasteiger partial charge is 0.317 e. The minimum atomic E-state index is -0.908. The van der Waals surface area contributed by atoms with Crippen LogP contribution in [-0.2, 0) is 11.3 Å². The number of nitrogens with one attached hydrogen (secondary N) is 1. The first kappa shape index (κ1) is 15.4.